The van der Waals surface area contributed by atoms with Crippen molar-refractivity contribution in [1.82, 2.24) is 9.55 Å². The smallest absolute Gasteiger partial charge is 0.416 e. The summed E-state index contributed by atoms with van der Waals surface area (Å²) in [6.45, 7) is 1.46. The quantitative estimate of drug-likeness (QED) is 0.424. The van der Waals surface area contributed by atoms with E-state index in [2.05, 4.69) is 4.98 Å². The van der Waals surface area contributed by atoms with Gasteiger partial charge in [-0.2, -0.15) is 13.2 Å². The third kappa shape index (κ3) is 3.52. The molecule has 0 aliphatic heterocycles. The fourth-order valence-corrected chi connectivity index (χ4v) is 4.08. The Bertz CT molecular complexity index is 1230. The van der Waals surface area contributed by atoms with E-state index in [-0.39, 0.29) is 16.2 Å². The van der Waals surface area contributed by atoms with E-state index in [0.29, 0.717) is 11.2 Å². The van der Waals surface area contributed by atoms with Gasteiger partial charge in [0, 0.05) is 10.9 Å². The molecule has 0 saturated heterocycles. The van der Waals surface area contributed by atoms with Crippen molar-refractivity contribution in [3.05, 3.63) is 76.2 Å². The lowest BCUT2D eigenvalue weighted by Crippen LogP contribution is -2.14. The maximum atomic E-state index is 13.4. The van der Waals surface area contributed by atoms with E-state index in [1.54, 1.807) is 16.0 Å². The highest BCUT2D eigenvalue weighted by Crippen LogP contribution is 2.40. The Labute approximate surface area is 173 Å². The normalized spacial score (nSPS) is 12.8. The van der Waals surface area contributed by atoms with Crippen LogP contribution in [0.3, 0.4) is 0 Å². The van der Waals surface area contributed by atoms with Gasteiger partial charge < -0.3 is 9.84 Å². The van der Waals surface area contributed by atoms with Crippen molar-refractivity contribution < 1.29 is 27.8 Å². The molecule has 9 heteroatoms. The number of carboxylic acid groups (broad SMARTS) is 1. The van der Waals surface area contributed by atoms with Crippen molar-refractivity contribution in [1.29, 1.82) is 0 Å². The number of thiophene rings is 1. The molecule has 0 bridgehead atoms. The van der Waals surface area contributed by atoms with Gasteiger partial charge in [0.1, 0.15) is 18.1 Å². The molecule has 2 aromatic carbocycles. The Morgan fingerprint density at radius 1 is 1.17 bits per heavy atom. The summed E-state index contributed by atoms with van der Waals surface area (Å²) in [5, 5.41) is 11.2. The summed E-state index contributed by atoms with van der Waals surface area (Å²) in [5.41, 5.74) is 0.929. The number of rotatable bonds is 5. The number of alkyl halides is 3. The van der Waals surface area contributed by atoms with Crippen LogP contribution in [-0.2, 0) is 6.18 Å². The molecule has 0 saturated carbocycles. The van der Waals surface area contributed by atoms with Gasteiger partial charge in [0.2, 0.25) is 0 Å². The Hall–Kier alpha value is -3.33. The van der Waals surface area contributed by atoms with Gasteiger partial charge >= 0.3 is 12.1 Å². The summed E-state index contributed by atoms with van der Waals surface area (Å²) in [7, 11) is 0. The van der Waals surface area contributed by atoms with Crippen LogP contribution < -0.4 is 4.74 Å². The predicted octanol–water partition coefficient (Wildman–Crippen LogP) is 5.94. The molecular weight excluding hydrogens is 417 g/mol. The van der Waals surface area contributed by atoms with Gasteiger partial charge in [-0.25, -0.2) is 9.78 Å². The largest absolute Gasteiger partial charge is 0.482 e. The van der Waals surface area contributed by atoms with Crippen molar-refractivity contribution in [2.45, 2.75) is 19.2 Å². The Morgan fingerprint density at radius 3 is 2.60 bits per heavy atom. The first-order chi connectivity index (χ1) is 14.3. The van der Waals surface area contributed by atoms with Crippen molar-refractivity contribution >= 4 is 28.3 Å². The van der Waals surface area contributed by atoms with Crippen LogP contribution in [0, 0.1) is 0 Å². The van der Waals surface area contributed by atoms with Gasteiger partial charge in [-0.1, -0.05) is 30.3 Å². The molecule has 0 radical (unpaired) electrons. The minimum absolute atomic E-state index is 0.000121. The number of halogens is 3. The lowest BCUT2D eigenvalue weighted by molar-refractivity contribution is -0.138. The second kappa shape index (κ2) is 7.49. The summed E-state index contributed by atoms with van der Waals surface area (Å²) < 4.78 is 47.8. The van der Waals surface area contributed by atoms with Crippen LogP contribution in [0.15, 0.2) is 60.2 Å². The number of hydrogen-bond donors (Lipinski definition) is 1. The van der Waals surface area contributed by atoms with E-state index in [1.165, 1.54) is 31.5 Å². The number of nitrogens with zero attached hydrogens (tertiary/aromatic N) is 2. The van der Waals surface area contributed by atoms with E-state index >= 15 is 0 Å². The molecule has 2 aromatic heterocycles. The van der Waals surface area contributed by atoms with E-state index in [4.69, 9.17) is 4.74 Å². The van der Waals surface area contributed by atoms with E-state index < -0.39 is 23.8 Å². The first-order valence-corrected chi connectivity index (χ1v) is 9.75. The van der Waals surface area contributed by atoms with Crippen LogP contribution in [0.2, 0.25) is 0 Å². The lowest BCUT2D eigenvalue weighted by Gasteiger charge is -2.20. The molecule has 5 nitrogen and oxygen atoms in total. The molecule has 0 unspecified atom stereocenters. The highest BCUT2D eigenvalue weighted by atomic mass is 32.1. The highest BCUT2D eigenvalue weighted by molar-refractivity contribution is 7.12. The second-order valence-corrected chi connectivity index (χ2v) is 7.41. The summed E-state index contributed by atoms with van der Waals surface area (Å²) in [4.78, 5) is 15.9. The minimum Gasteiger partial charge on any atom is -0.482 e. The zero-order chi connectivity index (χ0) is 21.5. The fourth-order valence-electron chi connectivity index (χ4n) is 3.27. The monoisotopic (exact) mass is 432 g/mol. The van der Waals surface area contributed by atoms with E-state index in [9.17, 15) is 23.1 Å². The number of carboxylic acids is 1. The van der Waals surface area contributed by atoms with Crippen LogP contribution in [0.4, 0.5) is 13.2 Å². The zero-order valence-electron chi connectivity index (χ0n) is 15.6. The number of benzene rings is 2. The standard InChI is InChI=1S/C21H15F3N2O3S/c1-12(13-6-2-3-7-14(13)21(22,23)24)29-18-17(10-30-19(18)20(27)28)26-11-25-15-8-4-5-9-16(15)26/h2-12H,1H3,(H,27,28)/t12-/m1/s1. The average molecular weight is 432 g/mol. The van der Waals surface area contributed by atoms with Crippen LogP contribution in [0.1, 0.15) is 33.8 Å². The molecule has 2 heterocycles. The summed E-state index contributed by atoms with van der Waals surface area (Å²) in [6.07, 6.45) is -4.06. The Morgan fingerprint density at radius 2 is 1.87 bits per heavy atom. The molecule has 0 aliphatic carbocycles. The number of ether oxygens (including phenoxy) is 1. The Kier molecular flexibility index (Phi) is 4.98. The summed E-state index contributed by atoms with van der Waals surface area (Å²) >= 11 is 0.943. The lowest BCUT2D eigenvalue weighted by atomic mass is 10.0. The third-order valence-corrected chi connectivity index (χ3v) is 5.57. The van der Waals surface area contributed by atoms with Gasteiger partial charge in [-0.3, -0.25) is 4.57 Å². The van der Waals surface area contributed by atoms with Gasteiger partial charge in [0.25, 0.3) is 0 Å². The third-order valence-electron chi connectivity index (χ3n) is 4.63. The molecule has 4 aromatic rings. The molecule has 4 rings (SSSR count). The molecule has 1 N–H and O–H groups in total. The van der Waals surface area contributed by atoms with Crippen molar-refractivity contribution in [3.8, 4) is 11.4 Å². The maximum Gasteiger partial charge on any atom is 0.416 e. The first-order valence-electron chi connectivity index (χ1n) is 8.87. The summed E-state index contributed by atoms with van der Waals surface area (Å²) in [5.74, 6) is -1.22. The van der Waals surface area contributed by atoms with E-state index in [0.717, 1.165) is 22.9 Å². The van der Waals surface area contributed by atoms with Crippen molar-refractivity contribution in [2.75, 3.05) is 0 Å². The van der Waals surface area contributed by atoms with Gasteiger partial charge in [0.15, 0.2) is 10.6 Å². The molecule has 1 atom stereocenters. The van der Waals surface area contributed by atoms with Crippen LogP contribution in [0.25, 0.3) is 16.7 Å². The first kappa shape index (κ1) is 20.0. The summed E-state index contributed by atoms with van der Waals surface area (Å²) in [6, 6.07) is 12.3. The highest BCUT2D eigenvalue weighted by Gasteiger charge is 2.35. The van der Waals surface area contributed by atoms with E-state index in [1.807, 2.05) is 18.2 Å². The minimum atomic E-state index is -4.55. The van der Waals surface area contributed by atoms with Crippen molar-refractivity contribution in [3.63, 3.8) is 0 Å². The molecule has 30 heavy (non-hydrogen) atoms. The van der Waals surface area contributed by atoms with Crippen molar-refractivity contribution in [2.24, 2.45) is 0 Å². The molecular formula is C21H15F3N2O3S. The molecule has 0 amide bonds. The molecule has 0 fully saturated rings. The number of carbonyl (C=O) groups is 1. The number of para-hydroxylation sites is 2. The zero-order valence-corrected chi connectivity index (χ0v) is 16.4. The number of aromatic carboxylic acids is 1. The SMILES string of the molecule is C[C@@H](Oc1c(-n2cnc3ccccc32)csc1C(=O)O)c1ccccc1C(F)(F)F. The average Bonchev–Trinajstić information content (AvgIpc) is 3.31. The number of hydrogen-bond acceptors (Lipinski definition) is 4. The number of imidazole rings is 1. The topological polar surface area (TPSA) is 64.4 Å². The van der Waals surface area contributed by atoms with Gasteiger partial charge in [0.05, 0.1) is 16.6 Å². The molecule has 154 valence electrons. The van der Waals surface area contributed by atoms with Crippen LogP contribution in [-0.4, -0.2) is 20.6 Å². The van der Waals surface area contributed by atoms with Gasteiger partial charge in [-0.15, -0.1) is 11.3 Å². The second-order valence-electron chi connectivity index (χ2n) is 6.53. The van der Waals surface area contributed by atoms with Crippen LogP contribution in [0.5, 0.6) is 5.75 Å². The fraction of sp³-hybridized carbons (Fsp3) is 0.143. The Balaban J connectivity index is 1.80. The van der Waals surface area contributed by atoms with Crippen LogP contribution >= 0.6 is 11.3 Å². The molecule has 0 aliphatic rings. The van der Waals surface area contributed by atoms with Gasteiger partial charge in [-0.05, 0) is 25.1 Å². The maximum absolute atomic E-state index is 13.4. The predicted molar refractivity (Wildman–Crippen MR) is 106 cm³/mol. The molecule has 0 spiro atoms. The number of aromatic nitrogens is 2. The number of fused-ring (bicyclic) bond motifs is 1.